The van der Waals surface area contributed by atoms with Gasteiger partial charge < -0.3 is 24.3 Å². The van der Waals surface area contributed by atoms with Crippen LogP contribution in [0.1, 0.15) is 36.1 Å². The second-order valence-corrected chi connectivity index (χ2v) is 11.7. The zero-order valence-corrected chi connectivity index (χ0v) is 24.6. The third-order valence-corrected chi connectivity index (χ3v) is 9.10. The van der Waals surface area contributed by atoms with Crippen molar-refractivity contribution in [3.05, 3.63) is 65.9 Å². The molecule has 0 spiro atoms. The van der Waals surface area contributed by atoms with Crippen LogP contribution >= 0.6 is 0 Å². The van der Waals surface area contributed by atoms with Gasteiger partial charge in [0.15, 0.2) is 0 Å². The summed E-state index contributed by atoms with van der Waals surface area (Å²) in [6.45, 7) is 10.7. The van der Waals surface area contributed by atoms with E-state index >= 15 is 0 Å². The molecule has 3 aliphatic rings. The molecule has 0 N–H and O–H groups in total. The molecule has 9 heteroatoms. The summed E-state index contributed by atoms with van der Waals surface area (Å²) in [4.78, 5) is 31.3. The largest absolute Gasteiger partial charge is 0.462 e. The molecule has 0 aliphatic carbocycles. The Morgan fingerprint density at radius 3 is 2.71 bits per heavy atom. The molecule has 42 heavy (non-hydrogen) atoms. The van der Waals surface area contributed by atoms with Gasteiger partial charge in [-0.05, 0) is 62.9 Å². The van der Waals surface area contributed by atoms with Crippen molar-refractivity contribution in [1.29, 1.82) is 5.26 Å². The van der Waals surface area contributed by atoms with Crippen molar-refractivity contribution in [3.8, 4) is 12.1 Å². The summed E-state index contributed by atoms with van der Waals surface area (Å²) < 4.78 is 6.30. The van der Waals surface area contributed by atoms with Gasteiger partial charge in [-0.1, -0.05) is 36.9 Å². The topological polar surface area (TPSA) is 88.8 Å². The fourth-order valence-corrected chi connectivity index (χ4v) is 6.79. The SMILES string of the molecule is C=CC(=O)N1CCN(c2nc(OCC3CCCN3C)nc3c2CCN(c2cccc4cccc(C)c24)C3)C[C@@H]1CC#N. The standard InChI is InChI=1S/C33H39N7O2/c1-4-30(41)40-19-18-39(20-25(40)13-15-34)32-27-14-17-38(29-12-6-10-24-9-5-8-23(2)31(24)29)21-28(27)35-33(36-32)42-22-26-11-7-16-37(26)3/h4-6,8-10,12,25-26H,1,7,11,13-14,16-22H2,2-3H3/t25-,26?/m0/s1. The minimum atomic E-state index is -0.227. The summed E-state index contributed by atoms with van der Waals surface area (Å²) in [5.41, 5.74) is 4.59. The van der Waals surface area contributed by atoms with E-state index in [0.717, 1.165) is 43.0 Å². The van der Waals surface area contributed by atoms with Crippen molar-refractivity contribution in [3.63, 3.8) is 0 Å². The molecule has 0 bridgehead atoms. The number of fused-ring (bicyclic) bond motifs is 2. The number of anilines is 2. The summed E-state index contributed by atoms with van der Waals surface area (Å²) in [5.74, 6) is 0.738. The molecule has 2 saturated heterocycles. The second kappa shape index (κ2) is 12.0. The van der Waals surface area contributed by atoms with E-state index in [-0.39, 0.29) is 18.4 Å². The maximum absolute atomic E-state index is 12.5. The van der Waals surface area contributed by atoms with E-state index in [9.17, 15) is 10.1 Å². The molecule has 2 aromatic carbocycles. The van der Waals surface area contributed by atoms with Crippen LogP contribution in [0.5, 0.6) is 6.01 Å². The number of aromatic nitrogens is 2. The molecule has 3 aliphatic heterocycles. The van der Waals surface area contributed by atoms with E-state index in [4.69, 9.17) is 14.7 Å². The van der Waals surface area contributed by atoms with E-state index in [0.29, 0.717) is 44.8 Å². The first-order chi connectivity index (χ1) is 20.5. The lowest BCUT2D eigenvalue weighted by Crippen LogP contribution is -2.55. The van der Waals surface area contributed by atoms with Crippen LogP contribution in [0.2, 0.25) is 0 Å². The first-order valence-electron chi connectivity index (χ1n) is 15.0. The highest BCUT2D eigenvalue weighted by Gasteiger charge is 2.33. The average molecular weight is 566 g/mol. The van der Waals surface area contributed by atoms with E-state index in [2.05, 4.69) is 77.7 Å². The van der Waals surface area contributed by atoms with Crippen LogP contribution in [0.15, 0.2) is 49.1 Å². The number of likely N-dealkylation sites (tertiary alicyclic amines) is 1. The molecule has 2 fully saturated rings. The van der Waals surface area contributed by atoms with Gasteiger partial charge in [0.05, 0.1) is 30.8 Å². The van der Waals surface area contributed by atoms with Gasteiger partial charge in [-0.3, -0.25) is 4.79 Å². The number of nitriles is 1. The number of ether oxygens (including phenoxy) is 1. The van der Waals surface area contributed by atoms with Gasteiger partial charge in [0.2, 0.25) is 5.91 Å². The van der Waals surface area contributed by atoms with E-state index in [1.54, 1.807) is 4.90 Å². The number of carbonyl (C=O) groups is 1. The first-order valence-corrected chi connectivity index (χ1v) is 15.0. The molecular weight excluding hydrogens is 526 g/mol. The zero-order valence-electron chi connectivity index (χ0n) is 24.6. The van der Waals surface area contributed by atoms with Crippen molar-refractivity contribution < 1.29 is 9.53 Å². The van der Waals surface area contributed by atoms with Crippen LogP contribution in [-0.2, 0) is 17.8 Å². The Morgan fingerprint density at radius 2 is 1.95 bits per heavy atom. The molecule has 4 heterocycles. The maximum Gasteiger partial charge on any atom is 0.318 e. The minimum Gasteiger partial charge on any atom is -0.462 e. The highest BCUT2D eigenvalue weighted by Crippen LogP contribution is 2.36. The van der Waals surface area contributed by atoms with Gasteiger partial charge in [-0.25, -0.2) is 0 Å². The van der Waals surface area contributed by atoms with Gasteiger partial charge in [0.1, 0.15) is 12.4 Å². The summed E-state index contributed by atoms with van der Waals surface area (Å²) in [6.07, 6.45) is 4.68. The van der Waals surface area contributed by atoms with Gasteiger partial charge >= 0.3 is 6.01 Å². The predicted octanol–water partition coefficient (Wildman–Crippen LogP) is 4.09. The monoisotopic (exact) mass is 565 g/mol. The van der Waals surface area contributed by atoms with Crippen molar-refractivity contribution in [1.82, 2.24) is 19.8 Å². The van der Waals surface area contributed by atoms with E-state index < -0.39 is 0 Å². The highest BCUT2D eigenvalue weighted by molar-refractivity contribution is 5.97. The molecule has 3 aromatic rings. The Kier molecular flexibility index (Phi) is 7.98. The average Bonchev–Trinajstić information content (AvgIpc) is 3.43. The van der Waals surface area contributed by atoms with E-state index in [1.165, 1.54) is 34.5 Å². The van der Waals surface area contributed by atoms with Crippen LogP contribution in [0.4, 0.5) is 11.5 Å². The number of benzene rings is 2. The molecular formula is C33H39N7O2. The van der Waals surface area contributed by atoms with E-state index in [1.807, 2.05) is 0 Å². The van der Waals surface area contributed by atoms with Crippen LogP contribution in [-0.4, -0.2) is 84.1 Å². The van der Waals surface area contributed by atoms with Crippen molar-refractivity contribution >= 4 is 28.2 Å². The summed E-state index contributed by atoms with van der Waals surface area (Å²) >= 11 is 0. The Morgan fingerprint density at radius 1 is 1.12 bits per heavy atom. The van der Waals surface area contributed by atoms with Crippen molar-refractivity contribution in [2.24, 2.45) is 0 Å². The quantitative estimate of drug-likeness (QED) is 0.396. The highest BCUT2D eigenvalue weighted by atomic mass is 16.5. The fourth-order valence-electron chi connectivity index (χ4n) is 6.79. The number of hydrogen-bond donors (Lipinski definition) is 0. The molecule has 1 aromatic heterocycles. The fraction of sp³-hybridized carbons (Fsp3) is 0.455. The van der Waals surface area contributed by atoms with Crippen LogP contribution in [0.25, 0.3) is 10.8 Å². The first kappa shape index (κ1) is 28.0. The van der Waals surface area contributed by atoms with Crippen LogP contribution in [0, 0.1) is 18.3 Å². The van der Waals surface area contributed by atoms with Crippen LogP contribution < -0.4 is 14.5 Å². The Balaban J connectivity index is 1.34. The van der Waals surface area contributed by atoms with Gasteiger partial charge in [0, 0.05) is 48.9 Å². The summed E-state index contributed by atoms with van der Waals surface area (Å²) in [7, 11) is 2.14. The molecule has 218 valence electrons. The number of nitrogens with zero attached hydrogens (tertiary/aromatic N) is 7. The zero-order chi connectivity index (χ0) is 29.2. The van der Waals surface area contributed by atoms with Crippen molar-refractivity contribution in [2.45, 2.75) is 51.2 Å². The molecule has 2 atom stereocenters. The number of hydrogen-bond acceptors (Lipinski definition) is 8. The normalized spacial score (nSPS) is 20.8. The number of amides is 1. The number of aryl methyl sites for hydroxylation is 1. The molecule has 9 nitrogen and oxygen atoms in total. The minimum absolute atomic E-state index is 0.134. The molecule has 6 rings (SSSR count). The smallest absolute Gasteiger partial charge is 0.318 e. The lowest BCUT2D eigenvalue weighted by atomic mass is 9.99. The molecule has 1 amide bonds. The summed E-state index contributed by atoms with van der Waals surface area (Å²) in [5, 5.41) is 12.0. The number of carbonyl (C=O) groups excluding carboxylic acids is 1. The lowest BCUT2D eigenvalue weighted by molar-refractivity contribution is -0.128. The molecule has 0 radical (unpaired) electrons. The van der Waals surface area contributed by atoms with Gasteiger partial charge in [-0.2, -0.15) is 15.2 Å². The Hall–Kier alpha value is -4.16. The lowest BCUT2D eigenvalue weighted by Gasteiger charge is -2.42. The van der Waals surface area contributed by atoms with Gasteiger partial charge in [-0.15, -0.1) is 0 Å². The van der Waals surface area contributed by atoms with Gasteiger partial charge in [0.25, 0.3) is 0 Å². The number of piperazine rings is 1. The predicted molar refractivity (Wildman–Crippen MR) is 165 cm³/mol. The molecule has 0 saturated carbocycles. The number of likely N-dealkylation sites (N-methyl/N-ethyl adjacent to an activating group) is 1. The maximum atomic E-state index is 12.5. The third kappa shape index (κ3) is 5.39. The third-order valence-electron chi connectivity index (χ3n) is 9.10. The number of rotatable bonds is 7. The molecule has 1 unspecified atom stereocenters. The van der Waals surface area contributed by atoms with Crippen LogP contribution in [0.3, 0.4) is 0 Å². The second-order valence-electron chi connectivity index (χ2n) is 11.7. The Labute approximate surface area is 248 Å². The Bertz CT molecular complexity index is 1530. The van der Waals surface area contributed by atoms with Crippen molar-refractivity contribution in [2.75, 3.05) is 56.2 Å². The summed E-state index contributed by atoms with van der Waals surface area (Å²) in [6, 6.07) is 15.8.